The van der Waals surface area contributed by atoms with Crippen LogP contribution in [-0.4, -0.2) is 44.3 Å². The summed E-state index contributed by atoms with van der Waals surface area (Å²) in [7, 11) is 1.80. The normalized spacial score (nSPS) is 18.5. The van der Waals surface area contributed by atoms with E-state index < -0.39 is 0 Å². The number of H-pyrrole nitrogens is 1. The zero-order valence-corrected chi connectivity index (χ0v) is 14.1. The van der Waals surface area contributed by atoms with Gasteiger partial charge in [-0.2, -0.15) is 0 Å². The fourth-order valence-electron chi connectivity index (χ4n) is 2.88. The topological polar surface area (TPSA) is 61.4 Å². The van der Waals surface area contributed by atoms with Crippen molar-refractivity contribution in [3.05, 3.63) is 35.0 Å². The van der Waals surface area contributed by atoms with Gasteiger partial charge in [-0.1, -0.05) is 11.6 Å². The van der Waals surface area contributed by atoms with Crippen molar-refractivity contribution in [3.8, 4) is 0 Å². The van der Waals surface area contributed by atoms with Crippen LogP contribution in [0.15, 0.2) is 29.4 Å². The molecule has 23 heavy (non-hydrogen) atoms. The zero-order chi connectivity index (χ0) is 16.1. The van der Waals surface area contributed by atoms with E-state index in [1.807, 2.05) is 18.2 Å². The van der Waals surface area contributed by atoms with Crippen molar-refractivity contribution in [1.82, 2.24) is 15.6 Å². The van der Waals surface area contributed by atoms with E-state index in [-0.39, 0.29) is 0 Å². The van der Waals surface area contributed by atoms with Crippen molar-refractivity contribution >= 4 is 28.5 Å². The van der Waals surface area contributed by atoms with E-state index in [1.165, 1.54) is 10.9 Å². The van der Waals surface area contributed by atoms with Gasteiger partial charge in [0, 0.05) is 54.8 Å². The second-order valence-electron chi connectivity index (χ2n) is 5.86. The zero-order valence-electron chi connectivity index (χ0n) is 13.4. The molecule has 1 aliphatic rings. The van der Waals surface area contributed by atoms with E-state index in [9.17, 15) is 0 Å². The number of guanidine groups is 1. The molecule has 1 unspecified atom stereocenters. The number of aliphatic imine (C=N–C) groups is 1. The number of hydrogen-bond donors (Lipinski definition) is 3. The molecule has 2 heterocycles. The van der Waals surface area contributed by atoms with Crippen molar-refractivity contribution in [1.29, 1.82) is 0 Å². The summed E-state index contributed by atoms with van der Waals surface area (Å²) >= 11 is 6.09. The van der Waals surface area contributed by atoms with Gasteiger partial charge in [0.05, 0.1) is 6.61 Å². The number of halogens is 1. The van der Waals surface area contributed by atoms with Crippen LogP contribution in [0, 0.1) is 5.92 Å². The summed E-state index contributed by atoms with van der Waals surface area (Å²) in [5.74, 6) is 1.43. The van der Waals surface area contributed by atoms with Gasteiger partial charge in [-0.15, -0.1) is 0 Å². The molecule has 1 fully saturated rings. The van der Waals surface area contributed by atoms with Crippen LogP contribution >= 0.6 is 11.6 Å². The minimum atomic E-state index is 0.587. The molecule has 2 aromatic rings. The van der Waals surface area contributed by atoms with Crippen LogP contribution in [0.2, 0.25) is 5.02 Å². The first kappa shape index (κ1) is 16.1. The summed E-state index contributed by atoms with van der Waals surface area (Å²) in [4.78, 5) is 7.55. The number of ether oxygens (including phenoxy) is 1. The molecular formula is C17H23ClN4O. The van der Waals surface area contributed by atoms with Crippen molar-refractivity contribution in [3.63, 3.8) is 0 Å². The SMILES string of the molecule is CN=C(NCCc1c[nH]c2ccc(Cl)cc12)NCC1CCOC1. The standard InChI is InChI=1S/C17H23ClN4O/c1-19-17(22-9-12-5-7-23-11-12)20-6-4-13-10-21-16-3-2-14(18)8-15(13)16/h2-3,8,10,12,21H,4-7,9,11H2,1H3,(H2,19,20,22). The van der Waals surface area contributed by atoms with Gasteiger partial charge in [0.25, 0.3) is 0 Å². The Balaban J connectivity index is 1.49. The first-order valence-electron chi connectivity index (χ1n) is 8.04. The van der Waals surface area contributed by atoms with Gasteiger partial charge in [-0.3, -0.25) is 4.99 Å². The Morgan fingerprint density at radius 1 is 1.43 bits per heavy atom. The molecule has 5 nitrogen and oxygen atoms in total. The number of hydrogen-bond acceptors (Lipinski definition) is 2. The van der Waals surface area contributed by atoms with E-state index >= 15 is 0 Å². The first-order valence-corrected chi connectivity index (χ1v) is 8.42. The van der Waals surface area contributed by atoms with Crippen LogP contribution in [0.1, 0.15) is 12.0 Å². The van der Waals surface area contributed by atoms with Gasteiger partial charge in [0.2, 0.25) is 0 Å². The van der Waals surface area contributed by atoms with Crippen molar-refractivity contribution in [2.45, 2.75) is 12.8 Å². The number of fused-ring (bicyclic) bond motifs is 1. The summed E-state index contributed by atoms with van der Waals surface area (Å²) in [6.45, 7) is 3.45. The summed E-state index contributed by atoms with van der Waals surface area (Å²) < 4.78 is 5.39. The highest BCUT2D eigenvalue weighted by Crippen LogP contribution is 2.22. The van der Waals surface area contributed by atoms with E-state index in [2.05, 4.69) is 26.8 Å². The van der Waals surface area contributed by atoms with Crippen molar-refractivity contribution in [2.75, 3.05) is 33.4 Å². The minimum Gasteiger partial charge on any atom is -0.381 e. The summed E-state index contributed by atoms with van der Waals surface area (Å²) in [6.07, 6.45) is 4.09. The summed E-state index contributed by atoms with van der Waals surface area (Å²) in [5.41, 5.74) is 2.38. The molecule has 3 N–H and O–H groups in total. The molecule has 0 bridgehead atoms. The van der Waals surface area contributed by atoms with Crippen LogP contribution < -0.4 is 10.6 Å². The minimum absolute atomic E-state index is 0.587. The molecular weight excluding hydrogens is 312 g/mol. The number of nitrogens with zero attached hydrogens (tertiary/aromatic N) is 1. The molecule has 0 aliphatic carbocycles. The molecule has 0 spiro atoms. The molecule has 124 valence electrons. The Hall–Kier alpha value is -1.72. The van der Waals surface area contributed by atoms with E-state index in [1.54, 1.807) is 7.05 Å². The average Bonchev–Trinajstić information content (AvgIpc) is 3.20. The Morgan fingerprint density at radius 3 is 3.13 bits per heavy atom. The second-order valence-corrected chi connectivity index (χ2v) is 6.30. The fraction of sp³-hybridized carbons (Fsp3) is 0.471. The van der Waals surface area contributed by atoms with Gasteiger partial charge in [0.15, 0.2) is 5.96 Å². The summed E-state index contributed by atoms with van der Waals surface area (Å²) in [6, 6.07) is 5.93. The lowest BCUT2D eigenvalue weighted by Crippen LogP contribution is -2.40. The number of benzene rings is 1. The fourth-order valence-corrected chi connectivity index (χ4v) is 3.05. The Kier molecular flexibility index (Phi) is 5.41. The van der Waals surface area contributed by atoms with Gasteiger partial charge < -0.3 is 20.4 Å². The monoisotopic (exact) mass is 334 g/mol. The smallest absolute Gasteiger partial charge is 0.190 e. The Bertz CT molecular complexity index is 676. The van der Waals surface area contributed by atoms with Gasteiger partial charge >= 0.3 is 0 Å². The summed E-state index contributed by atoms with van der Waals surface area (Å²) in [5, 5.41) is 8.68. The van der Waals surface area contributed by atoms with Gasteiger partial charge in [0.1, 0.15) is 0 Å². The lowest BCUT2D eigenvalue weighted by molar-refractivity contribution is 0.186. The predicted octanol–water partition coefficient (Wildman–Crippen LogP) is 2.57. The van der Waals surface area contributed by atoms with Crippen LogP contribution in [0.4, 0.5) is 0 Å². The first-order chi connectivity index (χ1) is 11.3. The van der Waals surface area contributed by atoms with Gasteiger partial charge in [-0.25, -0.2) is 0 Å². The molecule has 3 rings (SSSR count). The van der Waals surface area contributed by atoms with Crippen LogP contribution in [0.3, 0.4) is 0 Å². The van der Waals surface area contributed by atoms with Gasteiger partial charge in [-0.05, 0) is 36.6 Å². The third kappa shape index (κ3) is 4.18. The molecule has 0 saturated carbocycles. The Labute approximate surface area is 141 Å². The van der Waals surface area contributed by atoms with E-state index in [4.69, 9.17) is 16.3 Å². The third-order valence-corrected chi connectivity index (χ3v) is 4.46. The molecule has 6 heteroatoms. The molecule has 1 saturated heterocycles. The molecule has 1 aromatic heterocycles. The van der Waals surface area contributed by atoms with Crippen LogP contribution in [-0.2, 0) is 11.2 Å². The highest BCUT2D eigenvalue weighted by molar-refractivity contribution is 6.31. The lowest BCUT2D eigenvalue weighted by atomic mass is 10.1. The molecule has 1 aliphatic heterocycles. The lowest BCUT2D eigenvalue weighted by Gasteiger charge is -2.14. The predicted molar refractivity (Wildman–Crippen MR) is 95.3 cm³/mol. The number of rotatable bonds is 5. The van der Waals surface area contributed by atoms with Crippen LogP contribution in [0.5, 0.6) is 0 Å². The average molecular weight is 335 g/mol. The number of aromatic nitrogens is 1. The highest BCUT2D eigenvalue weighted by atomic mass is 35.5. The van der Waals surface area contributed by atoms with E-state index in [0.29, 0.717) is 5.92 Å². The van der Waals surface area contributed by atoms with Crippen molar-refractivity contribution in [2.24, 2.45) is 10.9 Å². The second kappa shape index (κ2) is 7.70. The maximum Gasteiger partial charge on any atom is 0.190 e. The van der Waals surface area contributed by atoms with Crippen LogP contribution in [0.25, 0.3) is 10.9 Å². The molecule has 0 amide bonds. The van der Waals surface area contributed by atoms with E-state index in [0.717, 1.165) is 55.6 Å². The Morgan fingerprint density at radius 2 is 2.35 bits per heavy atom. The maximum absolute atomic E-state index is 6.09. The van der Waals surface area contributed by atoms with Crippen molar-refractivity contribution < 1.29 is 4.74 Å². The quantitative estimate of drug-likeness (QED) is 0.582. The highest BCUT2D eigenvalue weighted by Gasteiger charge is 2.15. The number of nitrogens with one attached hydrogen (secondary N) is 3. The number of aromatic amines is 1. The maximum atomic E-state index is 6.09. The largest absolute Gasteiger partial charge is 0.381 e. The third-order valence-electron chi connectivity index (χ3n) is 4.22. The molecule has 1 atom stereocenters. The molecule has 1 aromatic carbocycles. The molecule has 0 radical (unpaired) electrons.